The molecule has 0 aliphatic heterocycles. The van der Waals surface area contributed by atoms with E-state index >= 15 is 0 Å². The van der Waals surface area contributed by atoms with Crippen LogP contribution in [0.3, 0.4) is 0 Å². The van der Waals surface area contributed by atoms with Crippen LogP contribution in [0.15, 0.2) is 64.5 Å². The standard InChI is InChI=1S/C25H27N3O3S/c1-5-13-26-25-28(27-20-12-8-10-17-9-6-7-11-19(17)20)21(16-32-25)18-14-22(29-2)24(31-4)23(15-18)30-3/h5-7,9,11,14-16H,1,8,10,12-13H2,2-4H3. The van der Waals surface area contributed by atoms with Gasteiger partial charge in [0.15, 0.2) is 11.5 Å². The number of hydrogen-bond acceptors (Lipinski definition) is 6. The van der Waals surface area contributed by atoms with Gasteiger partial charge in [-0.3, -0.25) is 4.99 Å². The molecule has 0 radical (unpaired) electrons. The van der Waals surface area contributed by atoms with Crippen molar-refractivity contribution >= 4 is 17.0 Å². The third-order valence-electron chi connectivity index (χ3n) is 5.41. The first-order valence-electron chi connectivity index (χ1n) is 10.5. The van der Waals surface area contributed by atoms with Crippen LogP contribution in [0.1, 0.15) is 24.0 Å². The number of methoxy groups -OCH3 is 3. The van der Waals surface area contributed by atoms with Crippen LogP contribution in [0.2, 0.25) is 0 Å². The molecule has 166 valence electrons. The summed E-state index contributed by atoms with van der Waals surface area (Å²) in [7, 11) is 4.84. The predicted octanol–water partition coefficient (Wildman–Crippen LogP) is 4.92. The minimum Gasteiger partial charge on any atom is -0.493 e. The highest BCUT2D eigenvalue weighted by Gasteiger charge is 2.19. The lowest BCUT2D eigenvalue weighted by atomic mass is 9.90. The Bertz CT molecular complexity index is 1200. The average molecular weight is 450 g/mol. The van der Waals surface area contributed by atoms with Crippen molar-refractivity contribution in [1.29, 1.82) is 0 Å². The summed E-state index contributed by atoms with van der Waals surface area (Å²) in [6, 6.07) is 12.4. The Morgan fingerprint density at radius 1 is 1.06 bits per heavy atom. The van der Waals surface area contributed by atoms with Gasteiger partial charge in [0.25, 0.3) is 0 Å². The van der Waals surface area contributed by atoms with Gasteiger partial charge in [0.2, 0.25) is 10.6 Å². The van der Waals surface area contributed by atoms with Crippen molar-refractivity contribution in [3.05, 3.63) is 70.4 Å². The Morgan fingerprint density at radius 2 is 1.81 bits per heavy atom. The number of thiazole rings is 1. The third-order valence-corrected chi connectivity index (χ3v) is 6.26. The molecule has 0 saturated heterocycles. The molecule has 0 atom stereocenters. The SMILES string of the molecule is C=CCN=c1scc(-c2cc(OC)c(OC)c(OC)c2)n1N=C1CCCc2ccccc21. The van der Waals surface area contributed by atoms with Gasteiger partial charge in [-0.15, -0.1) is 17.9 Å². The van der Waals surface area contributed by atoms with Crippen LogP contribution >= 0.6 is 11.3 Å². The lowest BCUT2D eigenvalue weighted by Gasteiger charge is -2.18. The molecule has 0 amide bonds. The van der Waals surface area contributed by atoms with Crippen molar-refractivity contribution in [2.45, 2.75) is 19.3 Å². The minimum atomic E-state index is 0.524. The quantitative estimate of drug-likeness (QED) is 0.481. The number of ether oxygens (including phenoxy) is 3. The molecule has 0 bridgehead atoms. The maximum absolute atomic E-state index is 5.57. The van der Waals surface area contributed by atoms with Crippen LogP contribution in [0.4, 0.5) is 0 Å². The van der Waals surface area contributed by atoms with Gasteiger partial charge < -0.3 is 14.2 Å². The Kier molecular flexibility index (Phi) is 6.75. The molecule has 7 heteroatoms. The van der Waals surface area contributed by atoms with Crippen LogP contribution in [-0.2, 0) is 6.42 Å². The molecule has 0 spiro atoms. The van der Waals surface area contributed by atoms with Crippen LogP contribution in [0.25, 0.3) is 11.3 Å². The van der Waals surface area contributed by atoms with E-state index < -0.39 is 0 Å². The van der Waals surface area contributed by atoms with E-state index in [0.29, 0.717) is 23.8 Å². The number of hydrogen-bond donors (Lipinski definition) is 0. The zero-order valence-electron chi connectivity index (χ0n) is 18.6. The van der Waals surface area contributed by atoms with Crippen molar-refractivity contribution in [3.63, 3.8) is 0 Å². The van der Waals surface area contributed by atoms with Gasteiger partial charge in [-0.05, 0) is 37.0 Å². The summed E-state index contributed by atoms with van der Waals surface area (Å²) >= 11 is 1.55. The number of fused-ring (bicyclic) bond motifs is 1. The molecule has 0 fully saturated rings. The van der Waals surface area contributed by atoms with Gasteiger partial charge in [-0.1, -0.05) is 30.3 Å². The molecule has 1 aliphatic rings. The number of aromatic nitrogens is 1. The molecule has 1 aliphatic carbocycles. The van der Waals surface area contributed by atoms with E-state index in [9.17, 15) is 0 Å². The van der Waals surface area contributed by atoms with E-state index in [0.717, 1.165) is 41.0 Å². The van der Waals surface area contributed by atoms with Gasteiger partial charge in [0.05, 0.1) is 39.3 Å². The second-order valence-corrected chi connectivity index (χ2v) is 8.15. The van der Waals surface area contributed by atoms with E-state index in [1.807, 2.05) is 16.8 Å². The first-order valence-corrected chi connectivity index (χ1v) is 11.4. The van der Waals surface area contributed by atoms with Crippen LogP contribution in [0.5, 0.6) is 17.2 Å². The van der Waals surface area contributed by atoms with Gasteiger partial charge in [0.1, 0.15) is 0 Å². The molecule has 1 heterocycles. The Morgan fingerprint density at radius 3 is 2.50 bits per heavy atom. The third kappa shape index (κ3) is 4.21. The summed E-state index contributed by atoms with van der Waals surface area (Å²) in [4.78, 5) is 5.49. The highest BCUT2D eigenvalue weighted by atomic mass is 32.1. The first kappa shape index (κ1) is 21.9. The number of nitrogens with zero attached hydrogens (tertiary/aromatic N) is 3. The monoisotopic (exact) mass is 449 g/mol. The van der Waals surface area contributed by atoms with Crippen LogP contribution < -0.4 is 19.0 Å². The molecule has 6 nitrogen and oxygen atoms in total. The highest BCUT2D eigenvalue weighted by molar-refractivity contribution is 7.07. The van der Waals surface area contributed by atoms with Crippen molar-refractivity contribution in [2.75, 3.05) is 27.9 Å². The number of rotatable bonds is 7. The van der Waals surface area contributed by atoms with Crippen molar-refractivity contribution in [3.8, 4) is 28.5 Å². The van der Waals surface area contributed by atoms with E-state index in [2.05, 4.69) is 41.2 Å². The van der Waals surface area contributed by atoms with Gasteiger partial charge in [-0.25, -0.2) is 4.68 Å². The van der Waals surface area contributed by atoms with Gasteiger partial charge >= 0.3 is 0 Å². The smallest absolute Gasteiger partial charge is 0.206 e. The van der Waals surface area contributed by atoms with E-state index in [1.165, 1.54) is 11.1 Å². The van der Waals surface area contributed by atoms with Crippen LogP contribution in [0, 0.1) is 0 Å². The molecular weight excluding hydrogens is 422 g/mol. The van der Waals surface area contributed by atoms with E-state index in [4.69, 9.17) is 19.3 Å². The fraction of sp³-hybridized carbons (Fsp3) is 0.280. The molecule has 0 N–H and O–H groups in total. The molecule has 0 saturated carbocycles. The van der Waals surface area contributed by atoms with Crippen LogP contribution in [-0.4, -0.2) is 38.3 Å². The van der Waals surface area contributed by atoms with E-state index in [1.54, 1.807) is 38.7 Å². The Hall–Kier alpha value is -3.32. The maximum Gasteiger partial charge on any atom is 0.206 e. The second kappa shape index (κ2) is 9.87. The first-order chi connectivity index (χ1) is 15.7. The molecule has 4 rings (SSSR count). The lowest BCUT2D eigenvalue weighted by Crippen LogP contribution is -2.18. The second-order valence-electron chi connectivity index (χ2n) is 7.32. The molecule has 2 aromatic carbocycles. The van der Waals surface area contributed by atoms with Gasteiger partial charge in [-0.2, -0.15) is 5.10 Å². The summed E-state index contributed by atoms with van der Waals surface area (Å²) in [6.45, 7) is 4.32. The molecule has 1 aromatic heterocycles. The molecule has 32 heavy (non-hydrogen) atoms. The molecule has 0 unspecified atom stereocenters. The predicted molar refractivity (Wildman–Crippen MR) is 129 cm³/mol. The van der Waals surface area contributed by atoms with E-state index in [-0.39, 0.29) is 0 Å². The normalized spacial score (nSPS) is 14.8. The summed E-state index contributed by atoms with van der Waals surface area (Å²) in [5.74, 6) is 1.75. The lowest BCUT2D eigenvalue weighted by molar-refractivity contribution is 0.324. The number of aryl methyl sites for hydroxylation is 1. The molecule has 3 aromatic rings. The fourth-order valence-electron chi connectivity index (χ4n) is 3.90. The highest BCUT2D eigenvalue weighted by Crippen LogP contribution is 2.41. The van der Waals surface area contributed by atoms with Crippen molar-refractivity contribution in [1.82, 2.24) is 4.68 Å². The Labute approximate surface area is 192 Å². The minimum absolute atomic E-state index is 0.524. The zero-order chi connectivity index (χ0) is 22.5. The summed E-state index contributed by atoms with van der Waals surface area (Å²) in [5.41, 5.74) is 5.44. The average Bonchev–Trinajstić information content (AvgIpc) is 3.24. The summed E-state index contributed by atoms with van der Waals surface area (Å²) in [5, 5.41) is 7.16. The number of benzene rings is 2. The zero-order valence-corrected chi connectivity index (χ0v) is 19.4. The van der Waals surface area contributed by atoms with Gasteiger partial charge in [0, 0.05) is 16.5 Å². The van der Waals surface area contributed by atoms with Crippen molar-refractivity contribution < 1.29 is 14.2 Å². The Balaban J connectivity index is 1.92. The van der Waals surface area contributed by atoms with Crippen molar-refractivity contribution in [2.24, 2.45) is 10.1 Å². The topological polar surface area (TPSA) is 57.3 Å². The fourth-order valence-corrected chi connectivity index (χ4v) is 4.74. The largest absolute Gasteiger partial charge is 0.493 e. The molecular formula is C25H27N3O3S. The maximum atomic E-state index is 5.57. The summed E-state index contributed by atoms with van der Waals surface area (Å²) in [6.07, 6.45) is 4.87. The summed E-state index contributed by atoms with van der Waals surface area (Å²) < 4.78 is 18.5.